The van der Waals surface area contributed by atoms with Gasteiger partial charge in [0.1, 0.15) is 0 Å². The maximum atomic E-state index is 12.0. The van der Waals surface area contributed by atoms with Crippen molar-refractivity contribution in [2.75, 3.05) is 11.9 Å². The van der Waals surface area contributed by atoms with E-state index in [-0.39, 0.29) is 30.2 Å². The Kier molecular flexibility index (Phi) is 5.36. The molecule has 1 aromatic heterocycles. The van der Waals surface area contributed by atoms with E-state index in [1.807, 2.05) is 6.92 Å². The summed E-state index contributed by atoms with van der Waals surface area (Å²) in [4.78, 5) is 35.6. The van der Waals surface area contributed by atoms with Crippen molar-refractivity contribution in [3.8, 4) is 0 Å². The van der Waals surface area contributed by atoms with E-state index >= 15 is 0 Å². The lowest BCUT2D eigenvalue weighted by atomic mass is 10.2. The van der Waals surface area contributed by atoms with Crippen molar-refractivity contribution in [3.63, 3.8) is 0 Å². The van der Waals surface area contributed by atoms with E-state index in [0.717, 1.165) is 12.8 Å². The number of amides is 2. The number of benzene rings is 1. The van der Waals surface area contributed by atoms with Crippen LogP contribution < -0.4 is 10.6 Å². The van der Waals surface area contributed by atoms with Crippen LogP contribution in [0.1, 0.15) is 40.7 Å². The number of nitrogens with one attached hydrogen (secondary N) is 2. The Balaban J connectivity index is 1.47. The van der Waals surface area contributed by atoms with Crippen LogP contribution in [0.2, 0.25) is 0 Å². The van der Waals surface area contributed by atoms with Crippen molar-refractivity contribution >= 4 is 23.5 Å². The summed E-state index contributed by atoms with van der Waals surface area (Å²) in [7, 11) is 0. The minimum Gasteiger partial charge on any atom is -0.459 e. The average Bonchev–Trinajstić information content (AvgIpc) is 3.34. The monoisotopic (exact) mass is 356 g/mol. The van der Waals surface area contributed by atoms with E-state index in [1.165, 1.54) is 18.4 Å². The highest BCUT2D eigenvalue weighted by Gasteiger charge is 2.29. The van der Waals surface area contributed by atoms with E-state index in [0.29, 0.717) is 17.2 Å². The lowest BCUT2D eigenvalue weighted by Gasteiger charge is -2.12. The molecule has 136 valence electrons. The van der Waals surface area contributed by atoms with E-state index in [1.54, 1.807) is 24.3 Å². The molecular formula is C19H20N2O5. The van der Waals surface area contributed by atoms with Crippen molar-refractivity contribution in [3.05, 3.63) is 54.0 Å². The Morgan fingerprint density at radius 3 is 2.54 bits per heavy atom. The van der Waals surface area contributed by atoms with Crippen LogP contribution in [0.15, 0.2) is 47.1 Å². The van der Waals surface area contributed by atoms with Gasteiger partial charge in [-0.15, -0.1) is 0 Å². The number of esters is 1. The molecule has 7 nitrogen and oxygen atoms in total. The van der Waals surface area contributed by atoms with Gasteiger partial charge in [-0.2, -0.15) is 0 Å². The maximum absolute atomic E-state index is 12.0. The fourth-order valence-corrected chi connectivity index (χ4v) is 2.51. The highest BCUT2D eigenvalue weighted by Crippen LogP contribution is 2.32. The molecule has 1 unspecified atom stereocenters. The first-order valence-corrected chi connectivity index (χ1v) is 8.44. The third kappa shape index (κ3) is 4.72. The first-order valence-electron chi connectivity index (χ1n) is 8.44. The molecule has 0 aliphatic heterocycles. The number of furan rings is 1. The molecule has 1 fully saturated rings. The predicted octanol–water partition coefficient (Wildman–Crippen LogP) is 2.60. The lowest BCUT2D eigenvalue weighted by molar-refractivity contribution is -0.124. The maximum Gasteiger partial charge on any atom is 0.338 e. The number of carbonyl (C=O) groups excluding carboxylic acids is 3. The average molecular weight is 356 g/mol. The molecular weight excluding hydrogens is 336 g/mol. The number of anilines is 1. The topological polar surface area (TPSA) is 97.6 Å². The van der Waals surface area contributed by atoms with Gasteiger partial charge in [0, 0.05) is 11.7 Å². The SMILES string of the molecule is CC(NC(=O)COC(=O)c1ccc(NC(=O)c2ccco2)cc1)C1CC1. The molecule has 1 aromatic carbocycles. The van der Waals surface area contributed by atoms with Gasteiger partial charge in [0.05, 0.1) is 11.8 Å². The summed E-state index contributed by atoms with van der Waals surface area (Å²) < 4.78 is 10.0. The molecule has 1 heterocycles. The zero-order valence-corrected chi connectivity index (χ0v) is 14.4. The van der Waals surface area contributed by atoms with E-state index in [2.05, 4.69) is 10.6 Å². The van der Waals surface area contributed by atoms with Crippen molar-refractivity contribution in [2.24, 2.45) is 5.92 Å². The number of ether oxygens (including phenoxy) is 1. The minimum atomic E-state index is -0.594. The fourth-order valence-electron chi connectivity index (χ4n) is 2.51. The first kappa shape index (κ1) is 17.7. The van der Waals surface area contributed by atoms with Gasteiger partial charge in [0.25, 0.3) is 11.8 Å². The van der Waals surface area contributed by atoms with Crippen molar-refractivity contribution in [1.82, 2.24) is 5.32 Å². The normalized spacial score (nSPS) is 14.3. The fraction of sp³-hybridized carbons (Fsp3) is 0.316. The molecule has 1 aliphatic rings. The number of carbonyl (C=O) groups is 3. The second-order valence-electron chi connectivity index (χ2n) is 6.28. The van der Waals surface area contributed by atoms with Crippen molar-refractivity contribution < 1.29 is 23.5 Å². The zero-order chi connectivity index (χ0) is 18.5. The number of hydrogen-bond donors (Lipinski definition) is 2. The summed E-state index contributed by atoms with van der Waals surface area (Å²) in [5.74, 6) is -0.548. The van der Waals surface area contributed by atoms with Crippen LogP contribution in [0.5, 0.6) is 0 Å². The Labute approximate surface area is 150 Å². The standard InChI is InChI=1S/C19H20N2O5/c1-12(13-4-5-13)20-17(22)11-26-19(24)14-6-8-15(9-7-14)21-18(23)16-3-2-10-25-16/h2-3,6-10,12-13H,4-5,11H2,1H3,(H,20,22)(H,21,23). The van der Waals surface area contributed by atoms with Crippen LogP contribution in [0.4, 0.5) is 5.69 Å². The van der Waals surface area contributed by atoms with Gasteiger partial charge in [-0.1, -0.05) is 0 Å². The van der Waals surface area contributed by atoms with Gasteiger partial charge in [0.15, 0.2) is 12.4 Å². The Bertz CT molecular complexity index is 779. The van der Waals surface area contributed by atoms with Gasteiger partial charge >= 0.3 is 5.97 Å². The zero-order valence-electron chi connectivity index (χ0n) is 14.4. The summed E-state index contributed by atoms with van der Waals surface area (Å²) in [5.41, 5.74) is 0.808. The van der Waals surface area contributed by atoms with Gasteiger partial charge in [-0.3, -0.25) is 9.59 Å². The molecule has 0 bridgehead atoms. The van der Waals surface area contributed by atoms with Crippen LogP contribution in [-0.2, 0) is 9.53 Å². The largest absolute Gasteiger partial charge is 0.459 e. The van der Waals surface area contributed by atoms with Crippen LogP contribution in [0.3, 0.4) is 0 Å². The van der Waals surface area contributed by atoms with Crippen molar-refractivity contribution in [2.45, 2.75) is 25.8 Å². The molecule has 0 radical (unpaired) electrons. The molecule has 2 amide bonds. The third-order valence-corrected chi connectivity index (χ3v) is 4.18. The third-order valence-electron chi connectivity index (χ3n) is 4.18. The summed E-state index contributed by atoms with van der Waals surface area (Å²) in [6, 6.07) is 9.47. The second-order valence-corrected chi connectivity index (χ2v) is 6.28. The number of hydrogen-bond acceptors (Lipinski definition) is 5. The molecule has 2 aromatic rings. The first-order chi connectivity index (χ1) is 12.5. The molecule has 7 heteroatoms. The quantitative estimate of drug-likeness (QED) is 0.743. The van der Waals surface area contributed by atoms with E-state index in [9.17, 15) is 14.4 Å². The van der Waals surface area contributed by atoms with Crippen molar-refractivity contribution in [1.29, 1.82) is 0 Å². The Morgan fingerprint density at radius 1 is 1.19 bits per heavy atom. The molecule has 1 atom stereocenters. The molecule has 2 N–H and O–H groups in total. The molecule has 1 aliphatic carbocycles. The Hall–Kier alpha value is -3.09. The lowest BCUT2D eigenvalue weighted by Crippen LogP contribution is -2.37. The highest BCUT2D eigenvalue weighted by atomic mass is 16.5. The summed E-state index contributed by atoms with van der Waals surface area (Å²) >= 11 is 0. The van der Waals surface area contributed by atoms with Crippen LogP contribution in [-0.4, -0.2) is 30.4 Å². The smallest absolute Gasteiger partial charge is 0.338 e. The number of rotatable bonds is 7. The van der Waals surface area contributed by atoms with Crippen LogP contribution in [0, 0.1) is 5.92 Å². The Morgan fingerprint density at radius 2 is 1.92 bits per heavy atom. The predicted molar refractivity (Wildman–Crippen MR) is 93.7 cm³/mol. The summed E-state index contributed by atoms with van der Waals surface area (Å²) in [5, 5.41) is 5.47. The molecule has 3 rings (SSSR count). The minimum absolute atomic E-state index is 0.109. The van der Waals surface area contributed by atoms with Crippen LogP contribution in [0.25, 0.3) is 0 Å². The second kappa shape index (κ2) is 7.86. The van der Waals surface area contributed by atoms with E-state index in [4.69, 9.17) is 9.15 Å². The summed E-state index contributed by atoms with van der Waals surface area (Å²) in [6.45, 7) is 1.64. The molecule has 0 saturated heterocycles. The highest BCUT2D eigenvalue weighted by molar-refractivity contribution is 6.02. The van der Waals surface area contributed by atoms with Gasteiger partial charge < -0.3 is 19.8 Å². The van der Waals surface area contributed by atoms with Crippen LogP contribution >= 0.6 is 0 Å². The van der Waals surface area contributed by atoms with Gasteiger partial charge in [0.2, 0.25) is 0 Å². The molecule has 26 heavy (non-hydrogen) atoms. The molecule has 1 saturated carbocycles. The van der Waals surface area contributed by atoms with Gasteiger partial charge in [-0.25, -0.2) is 4.79 Å². The molecule has 0 spiro atoms. The van der Waals surface area contributed by atoms with E-state index < -0.39 is 5.97 Å². The summed E-state index contributed by atoms with van der Waals surface area (Å²) in [6.07, 6.45) is 3.67. The van der Waals surface area contributed by atoms with Gasteiger partial charge in [-0.05, 0) is 62.1 Å².